The number of methoxy groups -OCH3 is 1. The topological polar surface area (TPSA) is 58.9 Å². The number of hydrogen-bond donors (Lipinski definition) is 2. The van der Waals surface area contributed by atoms with Crippen molar-refractivity contribution in [2.24, 2.45) is 40.4 Å². The van der Waals surface area contributed by atoms with Gasteiger partial charge in [0.15, 0.2) is 0 Å². The normalized spacial score (nSPS) is 42.6. The quantitative estimate of drug-likeness (QED) is 0.380. The first-order chi connectivity index (χ1) is 16.2. The Bertz CT molecular complexity index is 781. The van der Waals surface area contributed by atoms with Gasteiger partial charge in [-0.15, -0.1) is 0 Å². The Hall–Kier alpha value is -0.420. The fourth-order valence-corrected chi connectivity index (χ4v) is 9.00. The fraction of sp³-hybridized carbons (Fsp3) is 0.935. The lowest BCUT2D eigenvalue weighted by molar-refractivity contribution is -0.127. The van der Waals surface area contributed by atoms with Crippen LogP contribution >= 0.6 is 0 Å². The van der Waals surface area contributed by atoms with Crippen LogP contribution in [0.25, 0.3) is 0 Å². The SMILES string of the molecule is COC(C)(C)CO[C@H]1CC[C@@]2(C)C(=CC[C@H]3[C@@H]4CC[C@H]([C@H](C)CCC(C)(C)O)[C@@]4(C)CC[C@@H]32)[C@H]1O. The van der Waals surface area contributed by atoms with E-state index in [1.165, 1.54) is 31.3 Å². The van der Waals surface area contributed by atoms with E-state index < -0.39 is 11.7 Å². The molecule has 9 atom stereocenters. The molecule has 2 N–H and O–H groups in total. The predicted molar refractivity (Wildman–Crippen MR) is 142 cm³/mol. The Labute approximate surface area is 215 Å². The summed E-state index contributed by atoms with van der Waals surface area (Å²) >= 11 is 0. The summed E-state index contributed by atoms with van der Waals surface area (Å²) in [6.45, 7) is 16.0. The average Bonchev–Trinajstić information content (AvgIpc) is 3.14. The standard InChI is InChI=1S/C31H54O4/c1-20(13-16-28(2,3)33)22-11-12-23-21-9-10-25-27(32)26(35-19-29(4,5)34-8)15-18-31(25,7)24(21)14-17-30(22,23)6/h10,20-24,26-27,32-33H,9,11-19H2,1-8H3/t20-,21+,22-,23+,24+,26+,27-,30-,31-/m1/s1. The van der Waals surface area contributed by atoms with Crippen LogP contribution in [0.1, 0.15) is 106 Å². The van der Waals surface area contributed by atoms with E-state index in [0.717, 1.165) is 49.9 Å². The van der Waals surface area contributed by atoms with Gasteiger partial charge in [-0.2, -0.15) is 0 Å². The van der Waals surface area contributed by atoms with Gasteiger partial charge < -0.3 is 19.7 Å². The van der Waals surface area contributed by atoms with Gasteiger partial charge in [0.2, 0.25) is 0 Å². The van der Waals surface area contributed by atoms with Gasteiger partial charge in [0.25, 0.3) is 0 Å². The second-order valence-corrected chi connectivity index (χ2v) is 14.5. The molecule has 0 spiro atoms. The highest BCUT2D eigenvalue weighted by molar-refractivity contribution is 5.29. The van der Waals surface area contributed by atoms with Crippen molar-refractivity contribution in [3.8, 4) is 0 Å². The molecular formula is C31H54O4. The summed E-state index contributed by atoms with van der Waals surface area (Å²) in [5.41, 5.74) is 0.898. The summed E-state index contributed by atoms with van der Waals surface area (Å²) in [7, 11) is 1.72. The van der Waals surface area contributed by atoms with Gasteiger partial charge in [-0.1, -0.05) is 26.8 Å². The van der Waals surface area contributed by atoms with Crippen molar-refractivity contribution in [1.29, 1.82) is 0 Å². The van der Waals surface area contributed by atoms with Crippen LogP contribution in [0.4, 0.5) is 0 Å². The molecule has 35 heavy (non-hydrogen) atoms. The first-order valence-corrected chi connectivity index (χ1v) is 14.5. The largest absolute Gasteiger partial charge is 0.390 e. The molecule has 4 nitrogen and oxygen atoms in total. The molecular weight excluding hydrogens is 436 g/mol. The molecule has 0 heterocycles. The lowest BCUT2D eigenvalue weighted by Gasteiger charge is -2.59. The maximum Gasteiger partial charge on any atom is 0.102 e. The van der Waals surface area contributed by atoms with Gasteiger partial charge in [-0.05, 0) is 131 Å². The second-order valence-electron chi connectivity index (χ2n) is 14.5. The zero-order chi connectivity index (χ0) is 25.8. The third kappa shape index (κ3) is 5.16. The van der Waals surface area contributed by atoms with Gasteiger partial charge in [0, 0.05) is 7.11 Å². The first-order valence-electron chi connectivity index (χ1n) is 14.5. The molecule has 0 amide bonds. The number of aliphatic hydroxyl groups excluding tert-OH is 1. The van der Waals surface area contributed by atoms with Crippen LogP contribution in [-0.4, -0.2) is 47.3 Å². The number of hydrogen-bond acceptors (Lipinski definition) is 4. The zero-order valence-corrected chi connectivity index (χ0v) is 23.9. The monoisotopic (exact) mass is 490 g/mol. The van der Waals surface area contributed by atoms with Gasteiger partial charge >= 0.3 is 0 Å². The van der Waals surface area contributed by atoms with E-state index in [1.54, 1.807) is 7.11 Å². The maximum absolute atomic E-state index is 11.4. The van der Waals surface area contributed by atoms with Crippen LogP contribution in [0.5, 0.6) is 0 Å². The lowest BCUT2D eigenvalue weighted by Crippen LogP contribution is -2.54. The summed E-state index contributed by atoms with van der Waals surface area (Å²) in [4.78, 5) is 0. The number of allylic oxidation sites excluding steroid dienone is 1. The molecule has 4 aliphatic carbocycles. The van der Waals surface area contributed by atoms with E-state index in [1.807, 2.05) is 27.7 Å². The van der Waals surface area contributed by atoms with Crippen molar-refractivity contribution in [3.05, 3.63) is 11.6 Å². The summed E-state index contributed by atoms with van der Waals surface area (Å²) in [5.74, 6) is 3.65. The third-order valence-corrected chi connectivity index (χ3v) is 11.3. The molecule has 4 rings (SSSR count). The Balaban J connectivity index is 1.48. The summed E-state index contributed by atoms with van der Waals surface area (Å²) < 4.78 is 11.8. The fourth-order valence-electron chi connectivity index (χ4n) is 9.00. The van der Waals surface area contributed by atoms with Gasteiger partial charge in [0.05, 0.1) is 23.9 Å². The summed E-state index contributed by atoms with van der Waals surface area (Å²) in [5, 5.41) is 21.7. The Morgan fingerprint density at radius 3 is 2.43 bits per heavy atom. The molecule has 0 unspecified atom stereocenters. The summed E-state index contributed by atoms with van der Waals surface area (Å²) in [6.07, 6.45) is 12.3. The number of rotatable bonds is 8. The Morgan fingerprint density at radius 2 is 1.77 bits per heavy atom. The molecule has 0 aromatic carbocycles. The number of fused-ring (bicyclic) bond motifs is 5. The molecule has 0 aromatic heterocycles. The van der Waals surface area contributed by atoms with Gasteiger partial charge in [-0.3, -0.25) is 0 Å². The molecule has 0 saturated heterocycles. The first kappa shape index (κ1) is 27.6. The van der Waals surface area contributed by atoms with Crippen LogP contribution in [0.15, 0.2) is 11.6 Å². The Kier molecular flexibility index (Phi) is 7.66. The molecule has 202 valence electrons. The van der Waals surface area contributed by atoms with Gasteiger partial charge in [0.1, 0.15) is 6.10 Å². The minimum absolute atomic E-state index is 0.102. The van der Waals surface area contributed by atoms with Crippen LogP contribution in [-0.2, 0) is 9.47 Å². The third-order valence-electron chi connectivity index (χ3n) is 11.3. The van der Waals surface area contributed by atoms with Crippen molar-refractivity contribution >= 4 is 0 Å². The Morgan fingerprint density at radius 1 is 1.06 bits per heavy atom. The van der Waals surface area contributed by atoms with Crippen LogP contribution in [0.2, 0.25) is 0 Å². The molecule has 0 radical (unpaired) electrons. The van der Waals surface area contributed by atoms with E-state index in [-0.39, 0.29) is 17.1 Å². The maximum atomic E-state index is 11.4. The van der Waals surface area contributed by atoms with Crippen LogP contribution in [0.3, 0.4) is 0 Å². The van der Waals surface area contributed by atoms with Gasteiger partial charge in [-0.25, -0.2) is 0 Å². The summed E-state index contributed by atoms with van der Waals surface area (Å²) in [6, 6.07) is 0. The van der Waals surface area contributed by atoms with Crippen LogP contribution < -0.4 is 0 Å². The minimum atomic E-state index is -0.563. The minimum Gasteiger partial charge on any atom is -0.390 e. The molecule has 0 aliphatic heterocycles. The van der Waals surface area contributed by atoms with E-state index in [0.29, 0.717) is 23.9 Å². The zero-order valence-electron chi connectivity index (χ0n) is 23.9. The average molecular weight is 491 g/mol. The van der Waals surface area contributed by atoms with E-state index in [4.69, 9.17) is 9.47 Å². The van der Waals surface area contributed by atoms with Crippen molar-refractivity contribution in [1.82, 2.24) is 0 Å². The smallest absolute Gasteiger partial charge is 0.102 e. The van der Waals surface area contributed by atoms with Crippen molar-refractivity contribution in [2.45, 2.75) is 130 Å². The second kappa shape index (κ2) is 9.71. The van der Waals surface area contributed by atoms with Crippen molar-refractivity contribution in [2.75, 3.05) is 13.7 Å². The van der Waals surface area contributed by atoms with E-state index >= 15 is 0 Å². The van der Waals surface area contributed by atoms with E-state index in [9.17, 15) is 10.2 Å². The molecule has 4 heteroatoms. The number of ether oxygens (including phenoxy) is 2. The highest BCUT2D eigenvalue weighted by atomic mass is 16.5. The molecule has 3 fully saturated rings. The molecule has 0 aromatic rings. The molecule has 3 saturated carbocycles. The lowest BCUT2D eigenvalue weighted by atomic mass is 9.46. The van der Waals surface area contributed by atoms with Crippen molar-refractivity contribution < 1.29 is 19.7 Å². The highest BCUT2D eigenvalue weighted by Crippen LogP contribution is 2.67. The van der Waals surface area contributed by atoms with Crippen molar-refractivity contribution in [3.63, 3.8) is 0 Å². The van der Waals surface area contributed by atoms with E-state index in [2.05, 4.69) is 26.8 Å². The molecule has 4 aliphatic rings. The highest BCUT2D eigenvalue weighted by Gasteiger charge is 2.60. The number of aliphatic hydroxyl groups is 2. The molecule has 0 bridgehead atoms. The van der Waals surface area contributed by atoms with Crippen LogP contribution in [0, 0.1) is 40.4 Å². The predicted octanol–water partition coefficient (Wildman–Crippen LogP) is 6.53.